The van der Waals surface area contributed by atoms with E-state index in [1.54, 1.807) is 0 Å². The van der Waals surface area contributed by atoms with E-state index in [0.717, 1.165) is 6.54 Å². The van der Waals surface area contributed by atoms with Gasteiger partial charge >= 0.3 is 0 Å². The van der Waals surface area contributed by atoms with Crippen LogP contribution in [-0.2, 0) is 20.6 Å². The van der Waals surface area contributed by atoms with E-state index in [1.807, 2.05) is 17.9 Å². The largest absolute Gasteiger partial charge is 0.353 e. The first kappa shape index (κ1) is 12.5. The molecule has 2 aromatic rings. The third-order valence-electron chi connectivity index (χ3n) is 4.41. The van der Waals surface area contributed by atoms with Crippen LogP contribution in [0.5, 0.6) is 0 Å². The molecule has 102 valence electrons. The van der Waals surface area contributed by atoms with Crippen LogP contribution in [0.1, 0.15) is 35.8 Å². The molecule has 0 spiro atoms. The quantitative estimate of drug-likeness (QED) is 0.845. The highest BCUT2D eigenvalue weighted by molar-refractivity contribution is 5.22. The van der Waals surface area contributed by atoms with Crippen LogP contribution in [0.15, 0.2) is 24.5 Å². The SMILES string of the molecule is Cc1c(C2CCCN2Cc2cccn2C)cnn1C. The summed E-state index contributed by atoms with van der Waals surface area (Å²) < 4.78 is 4.19. The Morgan fingerprint density at radius 1 is 1.37 bits per heavy atom. The van der Waals surface area contributed by atoms with E-state index >= 15 is 0 Å². The maximum absolute atomic E-state index is 4.39. The Kier molecular flexibility index (Phi) is 3.19. The lowest BCUT2D eigenvalue weighted by Crippen LogP contribution is -2.24. The smallest absolute Gasteiger partial charge is 0.0540 e. The van der Waals surface area contributed by atoms with Crippen LogP contribution < -0.4 is 0 Å². The number of hydrogen-bond donors (Lipinski definition) is 0. The minimum absolute atomic E-state index is 0.531. The molecule has 0 aliphatic carbocycles. The number of rotatable bonds is 3. The zero-order valence-corrected chi connectivity index (χ0v) is 12.0. The van der Waals surface area contributed by atoms with Gasteiger partial charge in [-0.05, 0) is 38.4 Å². The molecule has 1 atom stereocenters. The van der Waals surface area contributed by atoms with Crippen molar-refractivity contribution in [1.82, 2.24) is 19.2 Å². The van der Waals surface area contributed by atoms with E-state index in [4.69, 9.17) is 0 Å². The Morgan fingerprint density at radius 3 is 2.84 bits per heavy atom. The van der Waals surface area contributed by atoms with Crippen LogP contribution in [0.3, 0.4) is 0 Å². The van der Waals surface area contributed by atoms with E-state index < -0.39 is 0 Å². The van der Waals surface area contributed by atoms with Gasteiger partial charge in [0.1, 0.15) is 0 Å². The molecule has 1 unspecified atom stereocenters. The number of likely N-dealkylation sites (tertiary alicyclic amines) is 1. The molecule has 3 rings (SSSR count). The Hall–Kier alpha value is -1.55. The first-order valence-electron chi connectivity index (χ1n) is 6.99. The Morgan fingerprint density at radius 2 is 2.21 bits per heavy atom. The van der Waals surface area contributed by atoms with Crippen LogP contribution in [0.4, 0.5) is 0 Å². The molecule has 0 N–H and O–H groups in total. The molecule has 1 aliphatic rings. The Labute approximate surface area is 114 Å². The van der Waals surface area contributed by atoms with Crippen molar-refractivity contribution in [2.45, 2.75) is 32.4 Å². The van der Waals surface area contributed by atoms with E-state index in [9.17, 15) is 0 Å². The predicted molar refractivity (Wildman–Crippen MR) is 75.7 cm³/mol. The molecule has 3 heterocycles. The van der Waals surface area contributed by atoms with Crippen molar-refractivity contribution >= 4 is 0 Å². The van der Waals surface area contributed by atoms with Crippen LogP contribution in [0.25, 0.3) is 0 Å². The Bertz CT molecular complexity index is 566. The zero-order chi connectivity index (χ0) is 13.4. The van der Waals surface area contributed by atoms with E-state index in [1.165, 1.54) is 36.3 Å². The first-order valence-corrected chi connectivity index (χ1v) is 6.99. The zero-order valence-electron chi connectivity index (χ0n) is 12.0. The summed E-state index contributed by atoms with van der Waals surface area (Å²) in [4.78, 5) is 2.58. The van der Waals surface area contributed by atoms with Crippen LogP contribution in [0.2, 0.25) is 0 Å². The number of nitrogens with zero attached hydrogens (tertiary/aromatic N) is 4. The van der Waals surface area contributed by atoms with Crippen molar-refractivity contribution in [1.29, 1.82) is 0 Å². The molecule has 4 nitrogen and oxygen atoms in total. The number of aryl methyl sites for hydroxylation is 2. The maximum Gasteiger partial charge on any atom is 0.0540 e. The summed E-state index contributed by atoms with van der Waals surface area (Å²) in [6.07, 6.45) is 6.69. The second kappa shape index (κ2) is 4.85. The lowest BCUT2D eigenvalue weighted by molar-refractivity contribution is 0.242. The summed E-state index contributed by atoms with van der Waals surface area (Å²) >= 11 is 0. The molecule has 1 fully saturated rings. The summed E-state index contributed by atoms with van der Waals surface area (Å²) in [6, 6.07) is 4.87. The van der Waals surface area contributed by atoms with Gasteiger partial charge in [-0.2, -0.15) is 5.10 Å². The molecule has 2 aromatic heterocycles. The fourth-order valence-electron chi connectivity index (χ4n) is 3.08. The van der Waals surface area contributed by atoms with Crippen LogP contribution in [-0.4, -0.2) is 25.8 Å². The van der Waals surface area contributed by atoms with E-state index in [-0.39, 0.29) is 0 Å². The van der Waals surface area contributed by atoms with Crippen molar-refractivity contribution in [2.75, 3.05) is 6.54 Å². The number of aromatic nitrogens is 3. The summed E-state index contributed by atoms with van der Waals surface area (Å²) in [6.45, 7) is 4.38. The minimum atomic E-state index is 0.531. The van der Waals surface area contributed by atoms with E-state index in [0.29, 0.717) is 6.04 Å². The molecule has 0 saturated carbocycles. The first-order chi connectivity index (χ1) is 9.16. The molecule has 1 aliphatic heterocycles. The molecule has 0 bridgehead atoms. The summed E-state index contributed by atoms with van der Waals surface area (Å²) in [5, 5.41) is 4.39. The fourth-order valence-corrected chi connectivity index (χ4v) is 3.08. The summed E-state index contributed by atoms with van der Waals surface area (Å²) in [5.41, 5.74) is 4.08. The van der Waals surface area contributed by atoms with Gasteiger partial charge in [-0.1, -0.05) is 0 Å². The van der Waals surface area contributed by atoms with Crippen LogP contribution in [0, 0.1) is 6.92 Å². The number of hydrogen-bond acceptors (Lipinski definition) is 2. The van der Waals surface area contributed by atoms with Gasteiger partial charge in [-0.15, -0.1) is 0 Å². The highest BCUT2D eigenvalue weighted by atomic mass is 15.3. The van der Waals surface area contributed by atoms with Gasteiger partial charge in [0.25, 0.3) is 0 Å². The molecule has 19 heavy (non-hydrogen) atoms. The van der Waals surface area contributed by atoms with Crippen molar-refractivity contribution < 1.29 is 0 Å². The highest BCUT2D eigenvalue weighted by Gasteiger charge is 2.28. The van der Waals surface area contributed by atoms with Gasteiger partial charge in [-0.25, -0.2) is 0 Å². The molecule has 0 radical (unpaired) electrons. The second-order valence-corrected chi connectivity index (χ2v) is 5.55. The van der Waals surface area contributed by atoms with Gasteiger partial charge in [-0.3, -0.25) is 9.58 Å². The van der Waals surface area contributed by atoms with E-state index in [2.05, 4.69) is 46.9 Å². The topological polar surface area (TPSA) is 26.0 Å². The van der Waals surface area contributed by atoms with Crippen molar-refractivity contribution in [3.8, 4) is 0 Å². The molecular formula is C15H22N4. The molecule has 4 heteroatoms. The highest BCUT2D eigenvalue weighted by Crippen LogP contribution is 2.34. The fraction of sp³-hybridized carbons (Fsp3) is 0.533. The van der Waals surface area contributed by atoms with Crippen molar-refractivity contribution in [3.05, 3.63) is 41.5 Å². The molecule has 0 amide bonds. The third-order valence-corrected chi connectivity index (χ3v) is 4.41. The molecule has 1 saturated heterocycles. The molecule has 0 aromatic carbocycles. The molecular weight excluding hydrogens is 236 g/mol. The monoisotopic (exact) mass is 258 g/mol. The van der Waals surface area contributed by atoms with Gasteiger partial charge in [0.05, 0.1) is 6.20 Å². The van der Waals surface area contributed by atoms with Gasteiger partial charge in [0, 0.05) is 49.8 Å². The average molecular weight is 258 g/mol. The van der Waals surface area contributed by atoms with Crippen molar-refractivity contribution in [3.63, 3.8) is 0 Å². The average Bonchev–Trinajstić information content (AvgIpc) is 3.07. The third kappa shape index (κ3) is 2.21. The lowest BCUT2D eigenvalue weighted by Gasteiger charge is -2.24. The summed E-state index contributed by atoms with van der Waals surface area (Å²) in [5.74, 6) is 0. The van der Waals surface area contributed by atoms with Gasteiger partial charge < -0.3 is 4.57 Å². The normalized spacial score (nSPS) is 20.3. The maximum atomic E-state index is 4.39. The summed E-state index contributed by atoms with van der Waals surface area (Å²) in [7, 11) is 4.14. The van der Waals surface area contributed by atoms with Gasteiger partial charge in [0.15, 0.2) is 0 Å². The van der Waals surface area contributed by atoms with Crippen molar-refractivity contribution in [2.24, 2.45) is 14.1 Å². The Balaban J connectivity index is 1.82. The standard InChI is InChI=1S/C15H22N4/c1-12-14(10-16-18(12)3)15-7-5-9-19(15)11-13-6-4-8-17(13)2/h4,6,8,10,15H,5,7,9,11H2,1-3H3. The van der Waals surface area contributed by atoms with Gasteiger partial charge in [0.2, 0.25) is 0 Å². The predicted octanol–water partition coefficient (Wildman–Crippen LogP) is 2.40. The van der Waals surface area contributed by atoms with Crippen LogP contribution >= 0.6 is 0 Å². The minimum Gasteiger partial charge on any atom is -0.353 e. The lowest BCUT2D eigenvalue weighted by atomic mass is 10.1. The second-order valence-electron chi connectivity index (χ2n) is 5.55.